The quantitative estimate of drug-likeness (QED) is 0.807. The highest BCUT2D eigenvalue weighted by Gasteiger charge is 2.24. The van der Waals surface area contributed by atoms with E-state index in [1.807, 2.05) is 36.4 Å². The first-order valence-corrected chi connectivity index (χ1v) is 8.53. The molecule has 1 aliphatic heterocycles. The predicted molar refractivity (Wildman–Crippen MR) is 95.9 cm³/mol. The van der Waals surface area contributed by atoms with Gasteiger partial charge in [-0.3, -0.25) is 0 Å². The summed E-state index contributed by atoms with van der Waals surface area (Å²) in [6.45, 7) is 2.14. The zero-order valence-electron chi connectivity index (χ0n) is 14.3. The topological polar surface area (TPSA) is 53.7 Å². The molecular formula is C20H25NO3. The number of nitrogen functional groups attached to an aromatic ring is 1. The van der Waals surface area contributed by atoms with Crippen molar-refractivity contribution < 1.29 is 14.2 Å². The minimum atomic E-state index is 0.115. The van der Waals surface area contributed by atoms with Crippen molar-refractivity contribution >= 4 is 5.69 Å². The fourth-order valence-corrected chi connectivity index (χ4v) is 3.07. The number of benzene rings is 2. The normalized spacial score (nSPS) is 17.5. The van der Waals surface area contributed by atoms with Crippen molar-refractivity contribution in [2.45, 2.75) is 44.8 Å². The fourth-order valence-electron chi connectivity index (χ4n) is 3.07. The highest BCUT2D eigenvalue weighted by molar-refractivity contribution is 5.44. The van der Waals surface area contributed by atoms with Gasteiger partial charge in [-0.05, 0) is 43.0 Å². The molecular weight excluding hydrogens is 302 g/mol. The minimum Gasteiger partial charge on any atom is -0.497 e. The van der Waals surface area contributed by atoms with E-state index < -0.39 is 0 Å². The molecule has 0 saturated heterocycles. The maximum absolute atomic E-state index is 6.18. The summed E-state index contributed by atoms with van der Waals surface area (Å²) >= 11 is 0. The Morgan fingerprint density at radius 2 is 2.08 bits per heavy atom. The fraction of sp³-hybridized carbons (Fsp3) is 0.400. The smallest absolute Gasteiger partial charge is 0.126 e. The molecule has 2 unspecified atom stereocenters. The Hall–Kier alpha value is -2.36. The van der Waals surface area contributed by atoms with Crippen molar-refractivity contribution in [1.29, 1.82) is 0 Å². The van der Waals surface area contributed by atoms with Crippen molar-refractivity contribution in [1.82, 2.24) is 0 Å². The molecule has 0 radical (unpaired) electrons. The zero-order chi connectivity index (χ0) is 16.9. The number of ether oxygens (including phenoxy) is 3. The van der Waals surface area contributed by atoms with Crippen LogP contribution >= 0.6 is 0 Å². The third kappa shape index (κ3) is 3.94. The molecule has 2 N–H and O–H groups in total. The second kappa shape index (κ2) is 7.47. The van der Waals surface area contributed by atoms with Gasteiger partial charge in [0.1, 0.15) is 29.5 Å². The summed E-state index contributed by atoms with van der Waals surface area (Å²) < 4.78 is 17.6. The van der Waals surface area contributed by atoms with Crippen LogP contribution in [0.4, 0.5) is 5.69 Å². The lowest BCUT2D eigenvalue weighted by Gasteiger charge is -2.29. The molecule has 1 aliphatic rings. The van der Waals surface area contributed by atoms with Crippen LogP contribution in [0, 0.1) is 0 Å². The minimum absolute atomic E-state index is 0.115. The van der Waals surface area contributed by atoms with Crippen LogP contribution in [0.2, 0.25) is 0 Å². The van der Waals surface area contributed by atoms with E-state index in [4.69, 9.17) is 19.9 Å². The van der Waals surface area contributed by atoms with Crippen molar-refractivity contribution in [3.05, 3.63) is 48.0 Å². The number of anilines is 1. The van der Waals surface area contributed by atoms with Gasteiger partial charge in [0.05, 0.1) is 7.11 Å². The lowest BCUT2D eigenvalue weighted by atomic mass is 9.98. The molecule has 0 fully saturated rings. The van der Waals surface area contributed by atoms with E-state index in [1.165, 1.54) is 5.56 Å². The van der Waals surface area contributed by atoms with Crippen LogP contribution in [0.25, 0.3) is 0 Å². The molecule has 2 aromatic rings. The maximum Gasteiger partial charge on any atom is 0.126 e. The van der Waals surface area contributed by atoms with Crippen LogP contribution in [-0.4, -0.2) is 19.3 Å². The molecule has 4 nitrogen and oxygen atoms in total. The zero-order valence-corrected chi connectivity index (χ0v) is 14.3. The van der Waals surface area contributed by atoms with Gasteiger partial charge < -0.3 is 19.9 Å². The number of nitrogens with two attached hydrogens (primary N) is 1. The van der Waals surface area contributed by atoms with Crippen LogP contribution < -0.4 is 19.9 Å². The number of hydrogen-bond acceptors (Lipinski definition) is 4. The Bertz CT molecular complexity index is 686. The van der Waals surface area contributed by atoms with Gasteiger partial charge in [-0.2, -0.15) is 0 Å². The maximum atomic E-state index is 6.18. The van der Waals surface area contributed by atoms with E-state index in [1.54, 1.807) is 7.11 Å². The third-order valence-electron chi connectivity index (χ3n) is 4.45. The molecule has 0 aliphatic carbocycles. The van der Waals surface area contributed by atoms with E-state index in [-0.39, 0.29) is 12.2 Å². The Morgan fingerprint density at radius 1 is 1.21 bits per heavy atom. The Kier molecular flexibility index (Phi) is 5.14. The second-order valence-electron chi connectivity index (χ2n) is 6.21. The summed E-state index contributed by atoms with van der Waals surface area (Å²) in [6, 6.07) is 13.6. The van der Waals surface area contributed by atoms with Crippen LogP contribution in [0.1, 0.15) is 31.7 Å². The van der Waals surface area contributed by atoms with E-state index in [0.717, 1.165) is 48.6 Å². The summed E-state index contributed by atoms with van der Waals surface area (Å²) in [5.41, 5.74) is 7.79. The highest BCUT2D eigenvalue weighted by atomic mass is 16.5. The molecule has 0 amide bonds. The van der Waals surface area contributed by atoms with Gasteiger partial charge in [0.2, 0.25) is 0 Å². The summed E-state index contributed by atoms with van der Waals surface area (Å²) in [5.74, 6) is 2.58. The molecule has 3 rings (SSSR count). The standard InChI is InChI=1S/C20H25NO3/c1-3-16(23-18-6-4-5-15(21)11-18)12-19-10-8-14-7-9-17(22-2)13-20(14)24-19/h4-7,9,11,13,16,19H,3,8,10,12,21H2,1-2H3. The second-order valence-corrected chi connectivity index (χ2v) is 6.21. The first kappa shape index (κ1) is 16.5. The third-order valence-corrected chi connectivity index (χ3v) is 4.45. The molecule has 4 heteroatoms. The summed E-state index contributed by atoms with van der Waals surface area (Å²) in [6.07, 6.45) is 4.11. The van der Waals surface area contributed by atoms with Gasteiger partial charge in [-0.15, -0.1) is 0 Å². The van der Waals surface area contributed by atoms with E-state index in [9.17, 15) is 0 Å². The van der Waals surface area contributed by atoms with Crippen molar-refractivity contribution in [2.24, 2.45) is 0 Å². The van der Waals surface area contributed by atoms with Crippen LogP contribution in [0.3, 0.4) is 0 Å². The van der Waals surface area contributed by atoms with Crippen LogP contribution in [-0.2, 0) is 6.42 Å². The Morgan fingerprint density at radius 3 is 2.83 bits per heavy atom. The molecule has 0 saturated carbocycles. The molecule has 2 aromatic carbocycles. The van der Waals surface area contributed by atoms with Gasteiger partial charge >= 0.3 is 0 Å². The molecule has 0 bridgehead atoms. The summed E-state index contributed by atoms with van der Waals surface area (Å²) in [7, 11) is 1.68. The first-order valence-electron chi connectivity index (χ1n) is 8.53. The Labute approximate surface area is 143 Å². The van der Waals surface area contributed by atoms with Gasteiger partial charge in [-0.25, -0.2) is 0 Å². The number of aryl methyl sites for hydroxylation is 1. The lowest BCUT2D eigenvalue weighted by Crippen LogP contribution is -2.30. The first-order chi connectivity index (χ1) is 11.7. The summed E-state index contributed by atoms with van der Waals surface area (Å²) in [4.78, 5) is 0. The van der Waals surface area contributed by atoms with E-state index in [2.05, 4.69) is 13.0 Å². The molecule has 24 heavy (non-hydrogen) atoms. The van der Waals surface area contributed by atoms with E-state index >= 15 is 0 Å². The Balaban J connectivity index is 1.64. The van der Waals surface area contributed by atoms with Crippen molar-refractivity contribution in [3.63, 3.8) is 0 Å². The average Bonchev–Trinajstić information content (AvgIpc) is 2.60. The van der Waals surface area contributed by atoms with Crippen molar-refractivity contribution in [2.75, 3.05) is 12.8 Å². The molecule has 1 heterocycles. The monoisotopic (exact) mass is 327 g/mol. The number of rotatable bonds is 6. The van der Waals surface area contributed by atoms with E-state index in [0.29, 0.717) is 0 Å². The van der Waals surface area contributed by atoms with Crippen LogP contribution in [0.5, 0.6) is 17.2 Å². The molecule has 2 atom stereocenters. The number of fused-ring (bicyclic) bond motifs is 1. The van der Waals surface area contributed by atoms with Crippen molar-refractivity contribution in [3.8, 4) is 17.2 Å². The number of methoxy groups -OCH3 is 1. The molecule has 128 valence electrons. The van der Waals surface area contributed by atoms with Gasteiger partial charge in [0.15, 0.2) is 0 Å². The van der Waals surface area contributed by atoms with Crippen LogP contribution in [0.15, 0.2) is 42.5 Å². The molecule has 0 aromatic heterocycles. The number of hydrogen-bond donors (Lipinski definition) is 1. The van der Waals surface area contributed by atoms with Gasteiger partial charge in [0, 0.05) is 24.2 Å². The molecule has 0 spiro atoms. The average molecular weight is 327 g/mol. The van der Waals surface area contributed by atoms with Gasteiger partial charge in [-0.1, -0.05) is 19.1 Å². The largest absolute Gasteiger partial charge is 0.497 e. The summed E-state index contributed by atoms with van der Waals surface area (Å²) in [5, 5.41) is 0. The highest BCUT2D eigenvalue weighted by Crippen LogP contribution is 2.33. The predicted octanol–water partition coefficient (Wildman–Crippen LogP) is 4.22. The van der Waals surface area contributed by atoms with Gasteiger partial charge in [0.25, 0.3) is 0 Å². The lowest BCUT2D eigenvalue weighted by molar-refractivity contribution is 0.0940. The SMILES string of the molecule is CCC(CC1CCc2ccc(OC)cc2O1)Oc1cccc(N)c1.